The highest BCUT2D eigenvalue weighted by Gasteiger charge is 2.10. The summed E-state index contributed by atoms with van der Waals surface area (Å²) in [4.78, 5) is 8.59. The smallest absolute Gasteiger partial charge is 0.159 e. The maximum absolute atomic E-state index is 6.27. The molecule has 5 heteroatoms. The molecule has 1 aliphatic rings. The average Bonchev–Trinajstić information content (AvgIpc) is 2.61. The summed E-state index contributed by atoms with van der Waals surface area (Å²) in [6, 6.07) is 6.26. The van der Waals surface area contributed by atoms with Crippen LogP contribution in [0.5, 0.6) is 0 Å². The lowest BCUT2D eigenvalue weighted by atomic mass is 9.97. The van der Waals surface area contributed by atoms with Gasteiger partial charge in [-0.1, -0.05) is 29.3 Å². The van der Waals surface area contributed by atoms with E-state index in [1.807, 2.05) is 0 Å². The first-order chi connectivity index (χ1) is 12.1. The summed E-state index contributed by atoms with van der Waals surface area (Å²) in [5, 5.41) is 6.67. The van der Waals surface area contributed by atoms with Crippen LogP contribution in [0.15, 0.2) is 36.2 Å². The minimum atomic E-state index is 0.556. The highest BCUT2D eigenvalue weighted by atomic mass is 15.1. The van der Waals surface area contributed by atoms with Gasteiger partial charge in [0.15, 0.2) is 11.6 Å². The minimum Gasteiger partial charge on any atom is -0.393 e. The zero-order chi connectivity index (χ0) is 17.6. The van der Waals surface area contributed by atoms with E-state index in [0.717, 1.165) is 24.2 Å². The summed E-state index contributed by atoms with van der Waals surface area (Å²) in [5.74, 6) is 1.33. The topological polar surface area (TPSA) is 75.9 Å². The highest BCUT2D eigenvalue weighted by Crippen LogP contribution is 2.28. The number of allylic oxidation sites excluding steroid dienone is 1. The van der Waals surface area contributed by atoms with Crippen molar-refractivity contribution in [3.8, 4) is 0 Å². The fourth-order valence-electron chi connectivity index (χ4n) is 3.19. The third-order valence-corrected chi connectivity index (χ3v) is 4.64. The molecule has 0 aliphatic heterocycles. The quantitative estimate of drug-likeness (QED) is 0.665. The van der Waals surface area contributed by atoms with Gasteiger partial charge in [0.1, 0.15) is 12.0 Å². The van der Waals surface area contributed by atoms with Gasteiger partial charge in [-0.2, -0.15) is 0 Å². The molecule has 5 nitrogen and oxygen atoms in total. The molecule has 0 radical (unpaired) electrons. The standard InChI is InChI=1S/C20H27N5/c1-14-8-9-17(15(2)12-14)25-20-18(21)19(23-13-24-20)22-11-10-16-6-4-3-5-7-16/h6,8-9,12-13H,3-5,7,10-11,21H2,1-2H3,(H2,22,23,24,25). The molecule has 1 aromatic heterocycles. The van der Waals surface area contributed by atoms with Crippen molar-refractivity contribution in [3.63, 3.8) is 0 Å². The summed E-state index contributed by atoms with van der Waals surface area (Å²) in [5.41, 5.74) is 11.8. The zero-order valence-corrected chi connectivity index (χ0v) is 15.1. The van der Waals surface area contributed by atoms with Crippen molar-refractivity contribution in [2.24, 2.45) is 0 Å². The summed E-state index contributed by atoms with van der Waals surface area (Å²) in [6.45, 7) is 5.00. The van der Waals surface area contributed by atoms with Crippen molar-refractivity contribution >= 4 is 23.0 Å². The Balaban J connectivity index is 1.66. The van der Waals surface area contributed by atoms with Gasteiger partial charge in [-0.25, -0.2) is 9.97 Å². The monoisotopic (exact) mass is 337 g/mol. The summed E-state index contributed by atoms with van der Waals surface area (Å²) < 4.78 is 0. The summed E-state index contributed by atoms with van der Waals surface area (Å²) in [6.07, 6.45) is 10.0. The van der Waals surface area contributed by atoms with E-state index in [4.69, 9.17) is 5.73 Å². The number of hydrogen-bond donors (Lipinski definition) is 3. The van der Waals surface area contributed by atoms with Crippen molar-refractivity contribution in [1.82, 2.24) is 9.97 Å². The van der Waals surface area contributed by atoms with Crippen molar-refractivity contribution in [3.05, 3.63) is 47.3 Å². The lowest BCUT2D eigenvalue weighted by Crippen LogP contribution is -2.10. The van der Waals surface area contributed by atoms with Gasteiger partial charge in [0, 0.05) is 12.2 Å². The number of aromatic nitrogens is 2. The van der Waals surface area contributed by atoms with Gasteiger partial charge in [0.25, 0.3) is 0 Å². The molecule has 0 fully saturated rings. The van der Waals surface area contributed by atoms with Crippen LogP contribution in [0, 0.1) is 13.8 Å². The van der Waals surface area contributed by atoms with Crippen LogP contribution in [0.2, 0.25) is 0 Å². The van der Waals surface area contributed by atoms with Crippen LogP contribution in [-0.2, 0) is 0 Å². The van der Waals surface area contributed by atoms with Crippen LogP contribution in [0.1, 0.15) is 43.2 Å². The third kappa shape index (κ3) is 4.50. The summed E-state index contributed by atoms with van der Waals surface area (Å²) >= 11 is 0. The van der Waals surface area contributed by atoms with E-state index >= 15 is 0 Å². The SMILES string of the molecule is Cc1ccc(Nc2ncnc(NCCC3=CCCCC3)c2N)c(C)c1. The van der Waals surface area contributed by atoms with Crippen molar-refractivity contribution in [1.29, 1.82) is 0 Å². The number of rotatable bonds is 6. The predicted octanol–water partition coefficient (Wildman–Crippen LogP) is 4.72. The normalized spacial score (nSPS) is 14.1. The van der Waals surface area contributed by atoms with Crippen LogP contribution in [0.3, 0.4) is 0 Å². The second-order valence-corrected chi connectivity index (χ2v) is 6.71. The fourth-order valence-corrected chi connectivity index (χ4v) is 3.19. The molecule has 0 unspecified atom stereocenters. The van der Waals surface area contributed by atoms with E-state index in [1.54, 1.807) is 11.9 Å². The van der Waals surface area contributed by atoms with E-state index < -0.39 is 0 Å². The van der Waals surface area contributed by atoms with Gasteiger partial charge >= 0.3 is 0 Å². The Morgan fingerprint density at radius 1 is 1.12 bits per heavy atom. The van der Waals surface area contributed by atoms with Crippen molar-refractivity contribution in [2.75, 3.05) is 22.9 Å². The third-order valence-electron chi connectivity index (χ3n) is 4.64. The lowest BCUT2D eigenvalue weighted by Gasteiger charge is -2.15. The number of anilines is 4. The maximum Gasteiger partial charge on any atom is 0.159 e. The maximum atomic E-state index is 6.27. The average molecular weight is 337 g/mol. The first-order valence-electron chi connectivity index (χ1n) is 9.00. The molecule has 1 aliphatic carbocycles. The molecule has 3 rings (SSSR count). The minimum absolute atomic E-state index is 0.556. The van der Waals surface area contributed by atoms with Gasteiger partial charge in [-0.3, -0.25) is 0 Å². The van der Waals surface area contributed by atoms with Crippen molar-refractivity contribution in [2.45, 2.75) is 46.0 Å². The van der Waals surface area contributed by atoms with Gasteiger partial charge in [0.2, 0.25) is 0 Å². The van der Waals surface area contributed by atoms with E-state index in [9.17, 15) is 0 Å². The first-order valence-corrected chi connectivity index (χ1v) is 9.00. The first kappa shape index (κ1) is 17.3. The number of hydrogen-bond acceptors (Lipinski definition) is 5. The molecule has 0 saturated carbocycles. The molecule has 1 heterocycles. The number of aryl methyl sites for hydroxylation is 2. The molecule has 2 aromatic rings. The van der Waals surface area contributed by atoms with Crippen LogP contribution in [0.4, 0.5) is 23.0 Å². The van der Waals surface area contributed by atoms with Crippen LogP contribution in [0.25, 0.3) is 0 Å². The predicted molar refractivity (Wildman–Crippen MR) is 105 cm³/mol. The molecule has 0 spiro atoms. The van der Waals surface area contributed by atoms with E-state index in [-0.39, 0.29) is 0 Å². The molecule has 0 atom stereocenters. The number of nitrogens with zero attached hydrogens (tertiary/aromatic N) is 2. The molecule has 0 bridgehead atoms. The number of nitrogen functional groups attached to an aromatic ring is 1. The Labute approximate surface area is 149 Å². The van der Waals surface area contributed by atoms with E-state index in [0.29, 0.717) is 17.3 Å². The number of nitrogens with one attached hydrogen (secondary N) is 2. The van der Waals surface area contributed by atoms with Crippen LogP contribution in [-0.4, -0.2) is 16.5 Å². The fraction of sp³-hybridized carbons (Fsp3) is 0.400. The second-order valence-electron chi connectivity index (χ2n) is 6.71. The Bertz CT molecular complexity index is 767. The van der Waals surface area contributed by atoms with E-state index in [1.165, 1.54) is 31.2 Å². The highest BCUT2D eigenvalue weighted by molar-refractivity contribution is 5.78. The Hall–Kier alpha value is -2.56. The lowest BCUT2D eigenvalue weighted by molar-refractivity contribution is 0.679. The van der Waals surface area contributed by atoms with Gasteiger partial charge in [-0.05, 0) is 57.6 Å². The summed E-state index contributed by atoms with van der Waals surface area (Å²) in [7, 11) is 0. The van der Waals surface area contributed by atoms with Gasteiger partial charge < -0.3 is 16.4 Å². The molecule has 25 heavy (non-hydrogen) atoms. The van der Waals surface area contributed by atoms with Crippen LogP contribution < -0.4 is 16.4 Å². The number of benzene rings is 1. The van der Waals surface area contributed by atoms with Crippen molar-refractivity contribution < 1.29 is 0 Å². The molecule has 4 N–H and O–H groups in total. The zero-order valence-electron chi connectivity index (χ0n) is 15.1. The molecule has 1 aromatic carbocycles. The Morgan fingerprint density at radius 3 is 2.72 bits per heavy atom. The molecular formula is C20H27N5. The Morgan fingerprint density at radius 2 is 1.96 bits per heavy atom. The Kier molecular flexibility index (Phi) is 5.53. The largest absolute Gasteiger partial charge is 0.393 e. The van der Waals surface area contributed by atoms with Gasteiger partial charge in [-0.15, -0.1) is 0 Å². The molecule has 0 saturated heterocycles. The second kappa shape index (κ2) is 8.01. The van der Waals surface area contributed by atoms with Gasteiger partial charge in [0.05, 0.1) is 0 Å². The van der Waals surface area contributed by atoms with E-state index in [2.05, 4.69) is 58.7 Å². The molecule has 0 amide bonds. The number of nitrogens with two attached hydrogens (primary N) is 1. The molecule has 132 valence electrons. The molecular weight excluding hydrogens is 310 g/mol. The van der Waals surface area contributed by atoms with Crippen LogP contribution >= 0.6 is 0 Å².